The van der Waals surface area contributed by atoms with Crippen molar-refractivity contribution in [3.63, 3.8) is 0 Å². The number of hydrogen-bond acceptors (Lipinski definition) is 6. The smallest absolute Gasteiger partial charge is 0.241 e. The first-order valence-corrected chi connectivity index (χ1v) is 13.8. The zero-order valence-corrected chi connectivity index (χ0v) is 23.4. The molecule has 2 aliphatic rings. The van der Waals surface area contributed by atoms with Gasteiger partial charge in [0.15, 0.2) is 5.78 Å². The van der Waals surface area contributed by atoms with Crippen LogP contribution >= 0.6 is 0 Å². The molecule has 1 N–H and O–H groups in total. The van der Waals surface area contributed by atoms with E-state index in [1.54, 1.807) is 19.1 Å². The summed E-state index contributed by atoms with van der Waals surface area (Å²) in [7, 11) is 2.11. The van der Waals surface area contributed by atoms with Gasteiger partial charge in [0.2, 0.25) is 5.91 Å². The van der Waals surface area contributed by atoms with E-state index in [0.29, 0.717) is 29.9 Å². The molecule has 0 atom stereocenters. The molecule has 0 aromatic heterocycles. The van der Waals surface area contributed by atoms with E-state index in [1.165, 1.54) is 0 Å². The topological polar surface area (TPSA) is 73.0 Å². The Balaban J connectivity index is 1.45. The van der Waals surface area contributed by atoms with Crippen LogP contribution in [0, 0.1) is 6.92 Å². The second-order valence-electron chi connectivity index (χ2n) is 10.7. The monoisotopic (exact) mass is 536 g/mol. The molecule has 3 aromatic carbocycles. The molecular weight excluding hydrogens is 500 g/mol. The third-order valence-electron chi connectivity index (χ3n) is 7.82. The lowest BCUT2D eigenvalue weighted by atomic mass is 9.92. The Hall–Kier alpha value is -4.07. The lowest BCUT2D eigenvalue weighted by molar-refractivity contribution is -0.120. The van der Waals surface area contributed by atoms with Crippen molar-refractivity contribution in [1.82, 2.24) is 9.80 Å². The van der Waals surface area contributed by atoms with Crippen molar-refractivity contribution in [3.8, 4) is 0 Å². The molecule has 5 rings (SSSR count). The lowest BCUT2D eigenvalue weighted by Crippen LogP contribution is -2.48. The molecule has 7 heteroatoms. The summed E-state index contributed by atoms with van der Waals surface area (Å²) in [6.45, 7) is 8.40. The van der Waals surface area contributed by atoms with Crippen molar-refractivity contribution in [2.45, 2.75) is 20.3 Å². The fraction of sp³-hybridized carbons (Fsp3) is 0.303. The maximum absolute atomic E-state index is 13.2. The maximum Gasteiger partial charge on any atom is 0.241 e. The first-order chi connectivity index (χ1) is 19.3. The molecule has 1 amide bonds. The molecule has 2 aliphatic heterocycles. The normalized spacial score (nSPS) is 16.3. The first-order valence-electron chi connectivity index (χ1n) is 13.8. The van der Waals surface area contributed by atoms with E-state index >= 15 is 0 Å². The molecule has 0 bridgehead atoms. The molecular formula is C33H36N4O3. The number of piperazine rings is 1. The number of nitrogens with one attached hydrogen (secondary N) is 1. The van der Waals surface area contributed by atoms with E-state index in [0.717, 1.165) is 72.5 Å². The van der Waals surface area contributed by atoms with Crippen LogP contribution in [0.1, 0.15) is 39.5 Å². The Morgan fingerprint density at radius 2 is 1.68 bits per heavy atom. The Kier molecular flexibility index (Phi) is 8.24. The number of nitrogens with zero attached hydrogens (tertiary/aromatic N) is 3. The van der Waals surface area contributed by atoms with Crippen LogP contribution < -0.4 is 10.2 Å². The molecule has 0 unspecified atom stereocenters. The van der Waals surface area contributed by atoms with Crippen molar-refractivity contribution in [2.75, 3.05) is 56.5 Å². The fourth-order valence-electron chi connectivity index (χ4n) is 5.59. The van der Waals surface area contributed by atoms with Crippen molar-refractivity contribution in [3.05, 3.63) is 94.5 Å². The van der Waals surface area contributed by atoms with E-state index in [2.05, 4.69) is 28.2 Å². The number of anilines is 2. The van der Waals surface area contributed by atoms with Gasteiger partial charge in [-0.2, -0.15) is 0 Å². The number of carbonyl (C=O) groups excluding carboxylic acids is 3. The van der Waals surface area contributed by atoms with E-state index in [4.69, 9.17) is 0 Å². The Bertz CT molecular complexity index is 1460. The number of allylic oxidation sites excluding steroid dienone is 1. The standard InChI is InChI=1S/C33H36N4O3/c1-23-19-25(22-38)9-11-29(23)32(24(2)39)33(26-7-5-4-6-8-26)34-28-10-12-30-27(20-28)13-14-37(30)31(40)21-36-17-15-35(3)16-18-36/h4-12,19-20,22,34H,13-18,21H2,1-3H3/b33-32+. The van der Waals surface area contributed by atoms with Gasteiger partial charge in [0, 0.05) is 55.2 Å². The molecule has 1 fully saturated rings. The minimum atomic E-state index is -0.0739. The Morgan fingerprint density at radius 1 is 0.925 bits per heavy atom. The molecule has 0 radical (unpaired) electrons. The van der Waals surface area contributed by atoms with Gasteiger partial charge in [-0.1, -0.05) is 42.5 Å². The summed E-state index contributed by atoms with van der Waals surface area (Å²) in [5.41, 5.74) is 7.29. The van der Waals surface area contributed by atoms with Gasteiger partial charge >= 0.3 is 0 Å². The quantitative estimate of drug-likeness (QED) is 0.259. The summed E-state index contributed by atoms with van der Waals surface area (Å²) in [5, 5.41) is 3.55. The van der Waals surface area contributed by atoms with Gasteiger partial charge in [-0.3, -0.25) is 19.3 Å². The molecule has 1 saturated heterocycles. The second kappa shape index (κ2) is 12.0. The third kappa shape index (κ3) is 5.91. The summed E-state index contributed by atoms with van der Waals surface area (Å²) >= 11 is 0. The zero-order chi connectivity index (χ0) is 28.2. The van der Waals surface area contributed by atoms with Crippen LogP contribution in [0.25, 0.3) is 11.3 Å². The summed E-state index contributed by atoms with van der Waals surface area (Å²) in [6, 6.07) is 21.2. The SMILES string of the molecule is CC(=O)/C(=C(\Nc1ccc2c(c1)CCN2C(=O)CN1CCN(C)CC1)c1ccccc1)c1ccc(C=O)cc1C. The number of benzene rings is 3. The number of ketones is 1. The average molecular weight is 537 g/mol. The predicted octanol–water partition coefficient (Wildman–Crippen LogP) is 4.51. The highest BCUT2D eigenvalue weighted by molar-refractivity contribution is 6.28. The largest absolute Gasteiger partial charge is 0.354 e. The van der Waals surface area contributed by atoms with E-state index in [1.807, 2.05) is 60.4 Å². The van der Waals surface area contributed by atoms with Crippen LogP contribution in [0.15, 0.2) is 66.7 Å². The van der Waals surface area contributed by atoms with E-state index < -0.39 is 0 Å². The maximum atomic E-state index is 13.2. The van der Waals surface area contributed by atoms with Crippen molar-refractivity contribution in [2.24, 2.45) is 0 Å². The number of carbonyl (C=O) groups is 3. The molecule has 7 nitrogen and oxygen atoms in total. The van der Waals surface area contributed by atoms with Crippen LogP contribution in [0.3, 0.4) is 0 Å². The Morgan fingerprint density at radius 3 is 2.35 bits per heavy atom. The van der Waals surface area contributed by atoms with E-state index in [-0.39, 0.29) is 11.7 Å². The van der Waals surface area contributed by atoms with Gasteiger partial charge in [0.1, 0.15) is 6.29 Å². The first kappa shape index (κ1) is 27.5. The van der Waals surface area contributed by atoms with Crippen molar-refractivity contribution >= 4 is 40.6 Å². The number of aldehydes is 1. The van der Waals surface area contributed by atoms with Crippen LogP contribution in [0.4, 0.5) is 11.4 Å². The number of aryl methyl sites for hydroxylation is 1. The lowest BCUT2D eigenvalue weighted by Gasteiger charge is -2.32. The van der Waals surface area contributed by atoms with Gasteiger partial charge in [-0.05, 0) is 73.8 Å². The van der Waals surface area contributed by atoms with Crippen molar-refractivity contribution < 1.29 is 14.4 Å². The summed E-state index contributed by atoms with van der Waals surface area (Å²) < 4.78 is 0. The van der Waals surface area contributed by atoms with Crippen LogP contribution in [-0.4, -0.2) is 74.1 Å². The third-order valence-corrected chi connectivity index (χ3v) is 7.82. The number of rotatable bonds is 8. The number of likely N-dealkylation sites (N-methyl/N-ethyl adjacent to an activating group) is 1. The number of hydrogen-bond donors (Lipinski definition) is 1. The Labute approximate surface area is 236 Å². The minimum Gasteiger partial charge on any atom is -0.354 e. The molecule has 2 heterocycles. The van der Waals surface area contributed by atoms with Crippen LogP contribution in [0.2, 0.25) is 0 Å². The molecule has 3 aromatic rings. The molecule has 0 aliphatic carbocycles. The predicted molar refractivity (Wildman–Crippen MR) is 161 cm³/mol. The van der Waals surface area contributed by atoms with Gasteiger partial charge in [-0.25, -0.2) is 0 Å². The number of Topliss-reactive ketones (excluding diaryl/α,β-unsaturated/α-hetero) is 1. The van der Waals surface area contributed by atoms with Crippen molar-refractivity contribution in [1.29, 1.82) is 0 Å². The molecule has 206 valence electrons. The second-order valence-corrected chi connectivity index (χ2v) is 10.7. The molecule has 0 saturated carbocycles. The number of amides is 1. The average Bonchev–Trinajstić information content (AvgIpc) is 3.38. The van der Waals surface area contributed by atoms with Gasteiger partial charge < -0.3 is 15.1 Å². The van der Waals surface area contributed by atoms with Gasteiger partial charge in [0.25, 0.3) is 0 Å². The summed E-state index contributed by atoms with van der Waals surface area (Å²) in [5.74, 6) is 0.0668. The highest BCUT2D eigenvalue weighted by atomic mass is 16.2. The highest BCUT2D eigenvalue weighted by Crippen LogP contribution is 2.34. The minimum absolute atomic E-state index is 0.0739. The van der Waals surface area contributed by atoms with Crippen LogP contribution in [-0.2, 0) is 16.0 Å². The molecule has 0 spiro atoms. The highest BCUT2D eigenvalue weighted by Gasteiger charge is 2.27. The van der Waals surface area contributed by atoms with Gasteiger partial charge in [0.05, 0.1) is 12.2 Å². The zero-order valence-electron chi connectivity index (χ0n) is 23.4. The molecule has 40 heavy (non-hydrogen) atoms. The van der Waals surface area contributed by atoms with Gasteiger partial charge in [-0.15, -0.1) is 0 Å². The fourth-order valence-corrected chi connectivity index (χ4v) is 5.59. The van der Waals surface area contributed by atoms with Crippen LogP contribution in [0.5, 0.6) is 0 Å². The summed E-state index contributed by atoms with van der Waals surface area (Å²) in [4.78, 5) is 44.1. The number of fused-ring (bicyclic) bond motifs is 1. The summed E-state index contributed by atoms with van der Waals surface area (Å²) in [6.07, 6.45) is 1.60. The van der Waals surface area contributed by atoms with E-state index in [9.17, 15) is 14.4 Å².